The van der Waals surface area contributed by atoms with E-state index in [-0.39, 0.29) is 5.91 Å². The van der Waals surface area contributed by atoms with Gasteiger partial charge in [-0.2, -0.15) is 0 Å². The second-order valence-corrected chi connectivity index (χ2v) is 7.95. The average molecular weight is 392 g/mol. The van der Waals surface area contributed by atoms with Gasteiger partial charge >= 0.3 is 0 Å². The van der Waals surface area contributed by atoms with E-state index in [0.29, 0.717) is 19.2 Å². The summed E-state index contributed by atoms with van der Waals surface area (Å²) >= 11 is 0. The Kier molecular flexibility index (Phi) is 5.84. The van der Waals surface area contributed by atoms with Crippen LogP contribution in [0.3, 0.4) is 0 Å². The highest BCUT2D eigenvalue weighted by atomic mass is 16.5. The average Bonchev–Trinajstić information content (AvgIpc) is 3.10. The molecule has 1 amide bonds. The van der Waals surface area contributed by atoms with Crippen molar-refractivity contribution in [3.63, 3.8) is 0 Å². The zero-order valence-corrected chi connectivity index (χ0v) is 17.3. The monoisotopic (exact) mass is 391 g/mol. The van der Waals surface area contributed by atoms with Crippen molar-refractivity contribution in [2.24, 2.45) is 0 Å². The van der Waals surface area contributed by atoms with Crippen molar-refractivity contribution in [3.8, 4) is 5.75 Å². The molecule has 1 saturated carbocycles. The molecule has 4 rings (SSSR count). The fraction of sp³-hybridized carbons (Fsp3) is 0.417. The number of rotatable bonds is 6. The van der Waals surface area contributed by atoms with Crippen LogP contribution in [0, 0.1) is 6.92 Å². The molecular formula is C24H29N3O2. The van der Waals surface area contributed by atoms with Crippen molar-refractivity contribution in [3.05, 3.63) is 59.9 Å². The third-order valence-electron chi connectivity index (χ3n) is 5.99. The standard InChI is InChI=1S/C24H29N3O2/c1-18-10-6-9-15-22(18)29-17-23-25-20-13-7-8-14-21(20)27(23)16-24(28)26(2)19-11-4-3-5-12-19/h6-10,13-15,19H,3-5,11-12,16-17H2,1-2H3. The first-order valence-electron chi connectivity index (χ1n) is 10.5. The molecule has 0 saturated heterocycles. The Labute approximate surface area is 172 Å². The van der Waals surface area contributed by atoms with Crippen LogP contribution in [0.1, 0.15) is 43.5 Å². The smallest absolute Gasteiger partial charge is 0.242 e. The maximum atomic E-state index is 13.1. The molecule has 1 heterocycles. The third kappa shape index (κ3) is 4.29. The highest BCUT2D eigenvalue weighted by Gasteiger charge is 2.23. The topological polar surface area (TPSA) is 47.4 Å². The van der Waals surface area contributed by atoms with E-state index in [1.54, 1.807) is 0 Å². The van der Waals surface area contributed by atoms with Gasteiger partial charge in [0, 0.05) is 13.1 Å². The summed E-state index contributed by atoms with van der Waals surface area (Å²) in [5.41, 5.74) is 2.95. The van der Waals surface area contributed by atoms with Gasteiger partial charge in [0.15, 0.2) is 0 Å². The molecule has 0 aliphatic heterocycles. The Hall–Kier alpha value is -2.82. The van der Waals surface area contributed by atoms with Gasteiger partial charge in [0.05, 0.1) is 11.0 Å². The molecule has 0 radical (unpaired) electrons. The number of aromatic nitrogens is 2. The lowest BCUT2D eigenvalue weighted by Gasteiger charge is -2.31. The van der Waals surface area contributed by atoms with E-state index in [9.17, 15) is 4.79 Å². The molecule has 152 valence electrons. The van der Waals surface area contributed by atoms with Crippen LogP contribution in [0.15, 0.2) is 48.5 Å². The number of imidazole rings is 1. The molecule has 0 unspecified atom stereocenters. The Morgan fingerprint density at radius 1 is 1.10 bits per heavy atom. The fourth-order valence-electron chi connectivity index (χ4n) is 4.19. The summed E-state index contributed by atoms with van der Waals surface area (Å²) in [6.07, 6.45) is 5.93. The second kappa shape index (κ2) is 8.68. The normalized spacial score (nSPS) is 14.8. The number of likely N-dealkylation sites (N-methyl/N-ethyl adjacent to an activating group) is 1. The highest BCUT2D eigenvalue weighted by molar-refractivity contribution is 5.81. The molecule has 1 aromatic heterocycles. The van der Waals surface area contributed by atoms with E-state index in [0.717, 1.165) is 41.0 Å². The molecular weight excluding hydrogens is 362 g/mol. The van der Waals surface area contributed by atoms with Gasteiger partial charge in [0.1, 0.15) is 24.7 Å². The van der Waals surface area contributed by atoms with Crippen molar-refractivity contribution >= 4 is 16.9 Å². The van der Waals surface area contributed by atoms with Crippen LogP contribution in [-0.2, 0) is 17.9 Å². The molecule has 0 atom stereocenters. The molecule has 1 aliphatic rings. The van der Waals surface area contributed by atoms with E-state index in [4.69, 9.17) is 9.72 Å². The molecule has 2 aromatic carbocycles. The lowest BCUT2D eigenvalue weighted by atomic mass is 9.94. The number of aryl methyl sites for hydroxylation is 1. The number of fused-ring (bicyclic) bond motifs is 1. The largest absolute Gasteiger partial charge is 0.485 e. The van der Waals surface area contributed by atoms with Crippen LogP contribution < -0.4 is 4.74 Å². The lowest BCUT2D eigenvalue weighted by molar-refractivity contribution is -0.133. The quantitative estimate of drug-likeness (QED) is 0.611. The number of amides is 1. The molecule has 5 nitrogen and oxygen atoms in total. The van der Waals surface area contributed by atoms with Crippen molar-refractivity contribution in [2.45, 2.75) is 58.2 Å². The Bertz CT molecular complexity index is 989. The SMILES string of the molecule is Cc1ccccc1OCc1nc2ccccc2n1CC(=O)N(C)C1CCCCC1. The molecule has 0 spiro atoms. The summed E-state index contributed by atoms with van der Waals surface area (Å²) in [5.74, 6) is 1.76. The molecule has 3 aromatic rings. The molecule has 1 fully saturated rings. The van der Waals surface area contributed by atoms with Crippen molar-refractivity contribution in [1.82, 2.24) is 14.5 Å². The number of para-hydroxylation sites is 3. The number of nitrogens with zero attached hydrogens (tertiary/aromatic N) is 3. The van der Waals surface area contributed by atoms with E-state index in [1.165, 1.54) is 19.3 Å². The third-order valence-corrected chi connectivity index (χ3v) is 5.99. The summed E-state index contributed by atoms with van der Waals surface area (Å²) in [5, 5.41) is 0. The van der Waals surface area contributed by atoms with E-state index in [1.807, 2.05) is 72.0 Å². The van der Waals surface area contributed by atoms with Crippen LogP contribution in [-0.4, -0.2) is 33.4 Å². The maximum absolute atomic E-state index is 13.1. The van der Waals surface area contributed by atoms with Gasteiger partial charge in [-0.25, -0.2) is 4.98 Å². The zero-order valence-electron chi connectivity index (χ0n) is 17.3. The minimum absolute atomic E-state index is 0.136. The molecule has 1 aliphatic carbocycles. The summed E-state index contributed by atoms with van der Waals surface area (Å²) in [6, 6.07) is 16.3. The number of hydrogen-bond donors (Lipinski definition) is 0. The first-order valence-corrected chi connectivity index (χ1v) is 10.5. The first-order chi connectivity index (χ1) is 14.1. The van der Waals surface area contributed by atoms with Gasteiger partial charge in [-0.1, -0.05) is 49.6 Å². The van der Waals surface area contributed by atoms with Crippen LogP contribution in [0.25, 0.3) is 11.0 Å². The summed E-state index contributed by atoms with van der Waals surface area (Å²) < 4.78 is 8.05. The van der Waals surface area contributed by atoms with Crippen LogP contribution >= 0.6 is 0 Å². The van der Waals surface area contributed by atoms with Crippen LogP contribution in [0.5, 0.6) is 5.75 Å². The number of benzene rings is 2. The summed E-state index contributed by atoms with van der Waals surface area (Å²) in [6.45, 7) is 2.65. The summed E-state index contributed by atoms with van der Waals surface area (Å²) in [4.78, 5) is 19.8. The number of hydrogen-bond acceptors (Lipinski definition) is 3. The van der Waals surface area contributed by atoms with Crippen molar-refractivity contribution in [2.75, 3.05) is 7.05 Å². The molecule has 0 N–H and O–H groups in total. The van der Waals surface area contributed by atoms with Crippen LogP contribution in [0.4, 0.5) is 0 Å². The Balaban J connectivity index is 1.56. The minimum atomic E-state index is 0.136. The van der Waals surface area contributed by atoms with Gasteiger partial charge in [-0.05, 0) is 43.5 Å². The lowest BCUT2D eigenvalue weighted by Crippen LogP contribution is -2.40. The molecule has 5 heteroatoms. The van der Waals surface area contributed by atoms with E-state index in [2.05, 4.69) is 0 Å². The van der Waals surface area contributed by atoms with E-state index >= 15 is 0 Å². The predicted molar refractivity (Wildman–Crippen MR) is 115 cm³/mol. The maximum Gasteiger partial charge on any atom is 0.242 e. The van der Waals surface area contributed by atoms with E-state index < -0.39 is 0 Å². The highest BCUT2D eigenvalue weighted by Crippen LogP contribution is 2.24. The van der Waals surface area contributed by atoms with Gasteiger partial charge < -0.3 is 14.2 Å². The Morgan fingerprint density at radius 3 is 2.62 bits per heavy atom. The predicted octanol–water partition coefficient (Wildman–Crippen LogP) is 4.71. The first kappa shape index (κ1) is 19.5. The number of carbonyl (C=O) groups is 1. The molecule has 0 bridgehead atoms. The van der Waals surface area contributed by atoms with Gasteiger partial charge in [-0.3, -0.25) is 4.79 Å². The number of carbonyl (C=O) groups excluding carboxylic acids is 1. The van der Waals surface area contributed by atoms with Crippen molar-refractivity contribution in [1.29, 1.82) is 0 Å². The second-order valence-electron chi connectivity index (χ2n) is 7.95. The van der Waals surface area contributed by atoms with Crippen LogP contribution in [0.2, 0.25) is 0 Å². The summed E-state index contributed by atoms with van der Waals surface area (Å²) in [7, 11) is 1.95. The van der Waals surface area contributed by atoms with Gasteiger partial charge in [-0.15, -0.1) is 0 Å². The minimum Gasteiger partial charge on any atom is -0.485 e. The fourth-order valence-corrected chi connectivity index (χ4v) is 4.19. The number of ether oxygens (including phenoxy) is 1. The molecule has 29 heavy (non-hydrogen) atoms. The zero-order chi connectivity index (χ0) is 20.2. The van der Waals surface area contributed by atoms with Gasteiger partial charge in [0.2, 0.25) is 5.91 Å². The Morgan fingerprint density at radius 2 is 1.83 bits per heavy atom. The van der Waals surface area contributed by atoms with Gasteiger partial charge in [0.25, 0.3) is 0 Å². The van der Waals surface area contributed by atoms with Crippen molar-refractivity contribution < 1.29 is 9.53 Å².